The van der Waals surface area contributed by atoms with Crippen LogP contribution in [-0.4, -0.2) is 51.3 Å². The van der Waals surface area contributed by atoms with Gasteiger partial charge in [-0.05, 0) is 60.9 Å². The van der Waals surface area contributed by atoms with Gasteiger partial charge < -0.3 is 4.90 Å². The Balaban J connectivity index is 1.60. The van der Waals surface area contributed by atoms with E-state index in [-0.39, 0.29) is 12.1 Å². The fourth-order valence-electron chi connectivity index (χ4n) is 4.21. The fraction of sp³-hybridized carbons (Fsp3) is 0.435. The van der Waals surface area contributed by atoms with Gasteiger partial charge in [-0.3, -0.25) is 4.90 Å². The summed E-state index contributed by atoms with van der Waals surface area (Å²) in [6.07, 6.45) is 0. The number of benzene rings is 2. The number of anilines is 1. The molecule has 29 heavy (non-hydrogen) atoms. The number of nitrogens with zero attached hydrogens (tertiary/aromatic N) is 6. The lowest BCUT2D eigenvalue weighted by Crippen LogP contribution is -2.48. The minimum absolute atomic E-state index is 0.0642. The molecule has 1 aromatic heterocycles. The lowest BCUT2D eigenvalue weighted by molar-refractivity contribution is 0.199. The normalized spacial score (nSPS) is 16.4. The lowest BCUT2D eigenvalue weighted by Gasteiger charge is -2.40. The number of rotatable bonds is 5. The van der Waals surface area contributed by atoms with Crippen LogP contribution in [0.3, 0.4) is 0 Å². The molecular formula is C23H30N6. The minimum atomic E-state index is 0.0642. The maximum atomic E-state index is 4.44. The van der Waals surface area contributed by atoms with Crippen molar-refractivity contribution in [3.63, 3.8) is 0 Å². The topological polar surface area (TPSA) is 50.1 Å². The van der Waals surface area contributed by atoms with E-state index < -0.39 is 0 Å². The number of hydrogen-bond acceptors (Lipinski definition) is 5. The summed E-state index contributed by atoms with van der Waals surface area (Å²) in [5.74, 6) is 0.923. The van der Waals surface area contributed by atoms with Crippen molar-refractivity contribution in [1.82, 2.24) is 25.1 Å². The van der Waals surface area contributed by atoms with Gasteiger partial charge in [-0.1, -0.05) is 42.5 Å². The zero-order valence-electron chi connectivity index (χ0n) is 17.8. The van der Waals surface area contributed by atoms with E-state index in [4.69, 9.17) is 0 Å². The van der Waals surface area contributed by atoms with Crippen molar-refractivity contribution in [3.8, 4) is 0 Å². The Kier molecular flexibility index (Phi) is 5.62. The number of aromatic nitrogens is 4. The third-order valence-electron chi connectivity index (χ3n) is 5.96. The number of hydrogen-bond donors (Lipinski definition) is 0. The molecule has 1 unspecified atom stereocenters. The quantitative estimate of drug-likeness (QED) is 0.664. The van der Waals surface area contributed by atoms with E-state index >= 15 is 0 Å². The van der Waals surface area contributed by atoms with Crippen molar-refractivity contribution >= 4 is 5.69 Å². The van der Waals surface area contributed by atoms with E-state index in [1.165, 1.54) is 22.4 Å². The fourth-order valence-corrected chi connectivity index (χ4v) is 4.21. The predicted octanol–water partition coefficient (Wildman–Crippen LogP) is 3.78. The van der Waals surface area contributed by atoms with Gasteiger partial charge >= 0.3 is 0 Å². The summed E-state index contributed by atoms with van der Waals surface area (Å²) in [4.78, 5) is 5.02. The Labute approximate surface area is 173 Å². The lowest BCUT2D eigenvalue weighted by atomic mass is 10.0. The number of aryl methyl sites for hydroxylation is 1. The van der Waals surface area contributed by atoms with Crippen molar-refractivity contribution in [3.05, 3.63) is 71.0 Å². The van der Waals surface area contributed by atoms with Crippen LogP contribution in [0, 0.1) is 13.8 Å². The maximum absolute atomic E-state index is 4.44. The van der Waals surface area contributed by atoms with E-state index in [0.29, 0.717) is 0 Å². The Bertz CT molecular complexity index is 941. The van der Waals surface area contributed by atoms with Crippen LogP contribution in [-0.2, 0) is 0 Å². The third kappa shape index (κ3) is 3.90. The summed E-state index contributed by atoms with van der Waals surface area (Å²) in [6.45, 7) is 12.6. The monoisotopic (exact) mass is 390 g/mol. The molecule has 0 spiro atoms. The largest absolute Gasteiger partial charge is 0.369 e. The Morgan fingerprint density at radius 2 is 1.59 bits per heavy atom. The highest BCUT2D eigenvalue weighted by molar-refractivity contribution is 5.56. The maximum Gasteiger partial charge on any atom is 0.173 e. The van der Waals surface area contributed by atoms with E-state index in [0.717, 1.165) is 32.0 Å². The van der Waals surface area contributed by atoms with Crippen LogP contribution in [0.5, 0.6) is 0 Å². The summed E-state index contributed by atoms with van der Waals surface area (Å²) in [6, 6.07) is 17.5. The van der Waals surface area contributed by atoms with Crippen LogP contribution in [0.25, 0.3) is 0 Å². The van der Waals surface area contributed by atoms with Gasteiger partial charge in [-0.2, -0.15) is 0 Å². The molecule has 0 bridgehead atoms. The predicted molar refractivity (Wildman–Crippen MR) is 116 cm³/mol. The smallest absolute Gasteiger partial charge is 0.173 e. The molecule has 0 radical (unpaired) electrons. The molecule has 0 amide bonds. The minimum Gasteiger partial charge on any atom is -0.369 e. The van der Waals surface area contributed by atoms with Gasteiger partial charge in [0.1, 0.15) is 0 Å². The third-order valence-corrected chi connectivity index (χ3v) is 5.96. The van der Waals surface area contributed by atoms with Gasteiger partial charge in [0.05, 0.1) is 12.1 Å². The van der Waals surface area contributed by atoms with Gasteiger partial charge in [0.25, 0.3) is 0 Å². The molecule has 2 heterocycles. The van der Waals surface area contributed by atoms with Gasteiger partial charge in [-0.25, -0.2) is 4.68 Å². The van der Waals surface area contributed by atoms with Crippen LogP contribution in [0.15, 0.2) is 48.5 Å². The van der Waals surface area contributed by atoms with E-state index in [2.05, 4.69) is 102 Å². The zero-order valence-corrected chi connectivity index (χ0v) is 17.8. The Morgan fingerprint density at radius 1 is 0.862 bits per heavy atom. The first-order valence-corrected chi connectivity index (χ1v) is 10.4. The Morgan fingerprint density at radius 3 is 2.28 bits per heavy atom. The van der Waals surface area contributed by atoms with Gasteiger partial charge in [0.2, 0.25) is 0 Å². The molecule has 0 N–H and O–H groups in total. The van der Waals surface area contributed by atoms with Crippen LogP contribution in [0.2, 0.25) is 0 Å². The van der Waals surface area contributed by atoms with Crippen molar-refractivity contribution in [2.75, 3.05) is 31.1 Å². The highest BCUT2D eigenvalue weighted by Crippen LogP contribution is 2.31. The molecule has 1 fully saturated rings. The molecule has 2 aromatic carbocycles. The first-order valence-electron chi connectivity index (χ1n) is 10.4. The second kappa shape index (κ2) is 8.33. The van der Waals surface area contributed by atoms with Crippen LogP contribution < -0.4 is 4.90 Å². The summed E-state index contributed by atoms with van der Waals surface area (Å²) in [5, 5.41) is 12.7. The van der Waals surface area contributed by atoms with Gasteiger partial charge in [0.15, 0.2) is 5.82 Å². The molecular weight excluding hydrogens is 360 g/mol. The summed E-state index contributed by atoms with van der Waals surface area (Å²) in [7, 11) is 0. The molecule has 0 aliphatic carbocycles. The molecule has 1 atom stereocenters. The van der Waals surface area contributed by atoms with E-state index in [1.54, 1.807) is 0 Å². The number of piperazine rings is 1. The van der Waals surface area contributed by atoms with E-state index in [9.17, 15) is 0 Å². The molecule has 152 valence electrons. The zero-order chi connectivity index (χ0) is 20.4. The molecule has 1 saturated heterocycles. The molecule has 6 heteroatoms. The molecule has 1 aliphatic heterocycles. The number of tetrazole rings is 1. The van der Waals surface area contributed by atoms with Crippen molar-refractivity contribution in [1.29, 1.82) is 0 Å². The van der Waals surface area contributed by atoms with Crippen LogP contribution in [0.1, 0.15) is 48.4 Å². The van der Waals surface area contributed by atoms with Crippen LogP contribution >= 0.6 is 0 Å². The average Bonchev–Trinajstić information content (AvgIpc) is 3.21. The SMILES string of the molecule is Cc1cccc(N2CCN(C(c3ccccc3)c3nnnn3C(C)C)CC2)c1C. The van der Waals surface area contributed by atoms with Crippen molar-refractivity contribution in [2.24, 2.45) is 0 Å². The summed E-state index contributed by atoms with van der Waals surface area (Å²) >= 11 is 0. The van der Waals surface area contributed by atoms with Crippen molar-refractivity contribution in [2.45, 2.75) is 39.8 Å². The second-order valence-electron chi connectivity index (χ2n) is 8.13. The first-order chi connectivity index (χ1) is 14.1. The van der Waals surface area contributed by atoms with E-state index in [1.807, 2.05) is 4.68 Å². The standard InChI is InChI=1S/C23H30N6/c1-17(2)29-23(24-25-26-29)22(20-10-6-5-7-11-20)28-15-13-27(14-16-28)21-12-8-9-18(3)19(21)4/h5-12,17,22H,13-16H2,1-4H3. The molecule has 6 nitrogen and oxygen atoms in total. The van der Waals surface area contributed by atoms with Crippen molar-refractivity contribution < 1.29 is 0 Å². The molecule has 4 rings (SSSR count). The molecule has 3 aromatic rings. The first kappa shape index (κ1) is 19.6. The van der Waals surface area contributed by atoms with Gasteiger partial charge in [-0.15, -0.1) is 5.10 Å². The summed E-state index contributed by atoms with van der Waals surface area (Å²) in [5.41, 5.74) is 5.32. The average molecular weight is 391 g/mol. The highest BCUT2D eigenvalue weighted by Gasteiger charge is 2.31. The second-order valence-corrected chi connectivity index (χ2v) is 8.13. The molecule has 1 aliphatic rings. The summed E-state index contributed by atoms with van der Waals surface area (Å²) < 4.78 is 1.95. The Hall–Kier alpha value is -2.73. The van der Waals surface area contributed by atoms with Gasteiger partial charge in [0, 0.05) is 31.9 Å². The van der Waals surface area contributed by atoms with Crippen LogP contribution in [0.4, 0.5) is 5.69 Å². The highest BCUT2D eigenvalue weighted by atomic mass is 15.6. The molecule has 0 saturated carbocycles.